The molecule has 0 aromatic carbocycles. The van der Waals surface area contributed by atoms with Crippen LogP contribution in [-0.2, 0) is 24.0 Å². The number of aromatic nitrogens is 2. The predicted molar refractivity (Wildman–Crippen MR) is 176 cm³/mol. The van der Waals surface area contributed by atoms with Gasteiger partial charge in [-0.2, -0.15) is 0 Å². The van der Waals surface area contributed by atoms with Crippen molar-refractivity contribution in [2.24, 2.45) is 23.7 Å². The second kappa shape index (κ2) is 18.1. The second-order valence-electron chi connectivity index (χ2n) is 13.8. The zero-order valence-electron chi connectivity index (χ0n) is 29.2. The molecule has 0 bridgehead atoms. The number of amides is 5. The summed E-state index contributed by atoms with van der Waals surface area (Å²) in [6.07, 6.45) is 3.52. The molecule has 0 radical (unpaired) electrons. The molecule has 15 heteroatoms. The fourth-order valence-electron chi connectivity index (χ4n) is 6.53. The van der Waals surface area contributed by atoms with Crippen LogP contribution in [0, 0.1) is 23.7 Å². The smallest absolute Gasteiger partial charge is 0.289 e. The van der Waals surface area contributed by atoms with Crippen LogP contribution in [0.4, 0.5) is 8.78 Å². The SMILES string of the molecule is CC[C@H](C)NC(=O)C(=O)C(CCCC(F)F)NC(=O)[C@H]1[C@H]2CCC[C@H]2CN1C(=O)C(NC(=O)C(NC(=O)c1cnccn1)C(C)C)C(C)C. The first kappa shape index (κ1) is 39.4. The third-order valence-electron chi connectivity index (χ3n) is 9.47. The van der Waals surface area contributed by atoms with Gasteiger partial charge in [0.25, 0.3) is 11.8 Å². The lowest BCUT2D eigenvalue weighted by molar-refractivity contribution is -0.145. The zero-order valence-corrected chi connectivity index (χ0v) is 29.2. The Morgan fingerprint density at radius 1 is 0.898 bits per heavy atom. The Hall–Kier alpha value is -4.04. The lowest BCUT2D eigenvalue weighted by Gasteiger charge is -2.34. The van der Waals surface area contributed by atoms with E-state index < -0.39 is 78.3 Å². The van der Waals surface area contributed by atoms with Crippen molar-refractivity contribution in [2.75, 3.05) is 6.54 Å². The Balaban J connectivity index is 1.83. The fourth-order valence-corrected chi connectivity index (χ4v) is 6.53. The summed E-state index contributed by atoms with van der Waals surface area (Å²) in [6, 6.07) is -4.71. The van der Waals surface area contributed by atoms with Crippen LogP contribution in [0.25, 0.3) is 0 Å². The Morgan fingerprint density at radius 3 is 2.18 bits per heavy atom. The number of carbonyl (C=O) groups excluding carboxylic acids is 6. The summed E-state index contributed by atoms with van der Waals surface area (Å²) in [5.74, 6) is -5.13. The minimum atomic E-state index is -2.61. The lowest BCUT2D eigenvalue weighted by Crippen LogP contribution is -2.60. The maximum Gasteiger partial charge on any atom is 0.289 e. The molecule has 1 aromatic heterocycles. The number of ketones is 1. The highest BCUT2D eigenvalue weighted by Gasteiger charge is 2.51. The Morgan fingerprint density at radius 2 is 1.59 bits per heavy atom. The summed E-state index contributed by atoms with van der Waals surface area (Å²) >= 11 is 0. The lowest BCUT2D eigenvalue weighted by atomic mass is 9.92. The maximum absolute atomic E-state index is 14.2. The van der Waals surface area contributed by atoms with Crippen LogP contribution in [0.15, 0.2) is 18.6 Å². The number of halogens is 2. The van der Waals surface area contributed by atoms with Crippen molar-refractivity contribution < 1.29 is 37.5 Å². The number of Topliss-reactive ketones (excluding diaryl/α,β-unsaturated/α-hetero) is 1. The summed E-state index contributed by atoms with van der Waals surface area (Å²) in [4.78, 5) is 89.8. The summed E-state index contributed by atoms with van der Waals surface area (Å²) in [5, 5.41) is 10.7. The minimum Gasteiger partial charge on any atom is -0.347 e. The molecule has 3 rings (SSSR count). The van der Waals surface area contributed by atoms with Gasteiger partial charge in [-0.3, -0.25) is 33.8 Å². The number of likely N-dealkylation sites (tertiary alicyclic amines) is 1. The topological polar surface area (TPSA) is 180 Å². The van der Waals surface area contributed by atoms with Gasteiger partial charge in [-0.25, -0.2) is 13.8 Å². The third-order valence-corrected chi connectivity index (χ3v) is 9.47. The van der Waals surface area contributed by atoms with Crippen LogP contribution in [-0.4, -0.2) is 93.4 Å². The van der Waals surface area contributed by atoms with Crippen molar-refractivity contribution in [3.63, 3.8) is 0 Å². The van der Waals surface area contributed by atoms with Crippen LogP contribution in [0.5, 0.6) is 0 Å². The molecule has 7 atom stereocenters. The van der Waals surface area contributed by atoms with Gasteiger partial charge < -0.3 is 26.2 Å². The van der Waals surface area contributed by atoms with Gasteiger partial charge in [0.2, 0.25) is 29.9 Å². The molecule has 49 heavy (non-hydrogen) atoms. The molecule has 2 heterocycles. The molecule has 4 N–H and O–H groups in total. The third kappa shape index (κ3) is 10.5. The van der Waals surface area contributed by atoms with Crippen LogP contribution in [0.3, 0.4) is 0 Å². The molecular formula is C34H51F2N7O6. The van der Waals surface area contributed by atoms with Gasteiger partial charge in [0, 0.05) is 31.4 Å². The molecule has 0 spiro atoms. The van der Waals surface area contributed by atoms with E-state index in [1.807, 2.05) is 6.92 Å². The van der Waals surface area contributed by atoms with Crippen molar-refractivity contribution in [1.29, 1.82) is 0 Å². The molecule has 1 aliphatic carbocycles. The van der Waals surface area contributed by atoms with Gasteiger partial charge in [0.1, 0.15) is 23.8 Å². The number of nitrogens with one attached hydrogen (secondary N) is 4. The van der Waals surface area contributed by atoms with Gasteiger partial charge in [0.05, 0.1) is 12.2 Å². The van der Waals surface area contributed by atoms with E-state index in [0.717, 1.165) is 12.8 Å². The first-order chi connectivity index (χ1) is 23.2. The Bertz CT molecular complexity index is 1330. The predicted octanol–water partition coefficient (Wildman–Crippen LogP) is 2.40. The van der Waals surface area contributed by atoms with Crippen LogP contribution in [0.1, 0.15) is 97.0 Å². The van der Waals surface area contributed by atoms with Crippen molar-refractivity contribution in [3.05, 3.63) is 24.3 Å². The van der Waals surface area contributed by atoms with Crippen molar-refractivity contribution in [2.45, 2.75) is 123 Å². The molecule has 272 valence electrons. The van der Waals surface area contributed by atoms with Crippen LogP contribution < -0.4 is 21.3 Å². The Labute approximate surface area is 286 Å². The standard InChI is InChI=1S/C34H51F2N7O6/c1-7-20(6)39-33(48)29(44)23(12-9-13-25(35)36)40-32(47)28-22-11-8-10-21(22)17-43(28)34(49)27(19(4)5)42-31(46)26(18(2)3)41-30(45)24-16-37-14-15-38-24/h14-16,18-23,25-28H,7-13,17H2,1-6H3,(H,39,48)(H,40,47)(H,41,45)(H,42,46)/t20-,21-,22-,23?,26?,27?,28+/m0/s1. The summed E-state index contributed by atoms with van der Waals surface area (Å²) in [5.41, 5.74) is 0.0262. The summed E-state index contributed by atoms with van der Waals surface area (Å²) < 4.78 is 25.9. The molecule has 13 nitrogen and oxygen atoms in total. The quantitative estimate of drug-likeness (QED) is 0.180. The normalized spacial score (nSPS) is 21.1. The molecule has 1 aliphatic heterocycles. The largest absolute Gasteiger partial charge is 0.347 e. The number of hydrogen-bond donors (Lipinski definition) is 4. The van der Waals surface area contributed by atoms with Crippen molar-refractivity contribution >= 4 is 35.3 Å². The van der Waals surface area contributed by atoms with E-state index in [0.29, 0.717) is 12.8 Å². The maximum atomic E-state index is 14.2. The minimum absolute atomic E-state index is 0.0135. The number of rotatable bonds is 17. The molecule has 2 aliphatic rings. The van der Waals surface area contributed by atoms with E-state index in [4.69, 9.17) is 0 Å². The van der Waals surface area contributed by atoms with E-state index in [2.05, 4.69) is 31.2 Å². The van der Waals surface area contributed by atoms with Crippen LogP contribution >= 0.6 is 0 Å². The van der Waals surface area contributed by atoms with E-state index in [-0.39, 0.29) is 48.9 Å². The Kier molecular flexibility index (Phi) is 14.5. The molecule has 1 saturated heterocycles. The van der Waals surface area contributed by atoms with Crippen molar-refractivity contribution in [3.8, 4) is 0 Å². The summed E-state index contributed by atoms with van der Waals surface area (Å²) in [6.45, 7) is 10.8. The molecule has 2 fully saturated rings. The number of nitrogens with zero attached hydrogens (tertiary/aromatic N) is 3. The first-order valence-corrected chi connectivity index (χ1v) is 17.3. The van der Waals surface area contributed by atoms with E-state index in [1.165, 1.54) is 23.5 Å². The van der Waals surface area contributed by atoms with Crippen molar-refractivity contribution in [1.82, 2.24) is 36.1 Å². The first-order valence-electron chi connectivity index (χ1n) is 17.3. The van der Waals surface area contributed by atoms with Gasteiger partial charge >= 0.3 is 0 Å². The highest BCUT2D eigenvalue weighted by molar-refractivity contribution is 6.38. The van der Waals surface area contributed by atoms with E-state index in [1.54, 1.807) is 34.6 Å². The van der Waals surface area contributed by atoms with Gasteiger partial charge in [-0.15, -0.1) is 0 Å². The van der Waals surface area contributed by atoms with Gasteiger partial charge in [-0.05, 0) is 62.7 Å². The van der Waals surface area contributed by atoms with E-state index >= 15 is 0 Å². The number of carbonyl (C=O) groups is 6. The van der Waals surface area contributed by atoms with E-state index in [9.17, 15) is 37.5 Å². The van der Waals surface area contributed by atoms with Crippen LogP contribution in [0.2, 0.25) is 0 Å². The van der Waals surface area contributed by atoms with Gasteiger partial charge in [0.15, 0.2) is 0 Å². The molecule has 3 unspecified atom stereocenters. The second-order valence-corrected chi connectivity index (χ2v) is 13.8. The zero-order chi connectivity index (χ0) is 36.4. The molecule has 5 amide bonds. The molecule has 1 saturated carbocycles. The highest BCUT2D eigenvalue weighted by atomic mass is 19.3. The molecule has 1 aromatic rings. The highest BCUT2D eigenvalue weighted by Crippen LogP contribution is 2.42. The summed E-state index contributed by atoms with van der Waals surface area (Å²) in [7, 11) is 0. The average Bonchev–Trinajstić information content (AvgIpc) is 3.66. The fraction of sp³-hybridized carbons (Fsp3) is 0.706. The number of alkyl halides is 2. The molecular weight excluding hydrogens is 640 g/mol. The monoisotopic (exact) mass is 691 g/mol. The average molecular weight is 692 g/mol. The number of hydrogen-bond acceptors (Lipinski definition) is 8. The van der Waals surface area contributed by atoms with Gasteiger partial charge in [-0.1, -0.05) is 41.0 Å². The number of fused-ring (bicyclic) bond motifs is 1.